The van der Waals surface area contributed by atoms with Crippen LogP contribution in [0.5, 0.6) is 0 Å². The van der Waals surface area contributed by atoms with E-state index in [1.165, 1.54) is 11.9 Å². The summed E-state index contributed by atoms with van der Waals surface area (Å²) in [6, 6.07) is 2.82. The zero-order chi connectivity index (χ0) is 30.7. The number of ketones is 2. The van der Waals surface area contributed by atoms with Crippen LogP contribution in [0.1, 0.15) is 82.1 Å². The van der Waals surface area contributed by atoms with Gasteiger partial charge in [0.25, 0.3) is 0 Å². The van der Waals surface area contributed by atoms with Gasteiger partial charge in [0.05, 0.1) is 29.2 Å². The normalized spacial score (nSPS) is 26.2. The fourth-order valence-electron chi connectivity index (χ4n) is 6.29. The lowest BCUT2D eigenvalue weighted by Crippen LogP contribution is -2.46. The fraction of sp³-hybridized carbons (Fsp3) is 0.581. The molecular formula is C31H37F3N4O4. The zero-order valence-corrected chi connectivity index (χ0v) is 24.1. The first-order chi connectivity index (χ1) is 19.9. The molecule has 226 valence electrons. The first-order valence-electron chi connectivity index (χ1n) is 14.6. The Morgan fingerprint density at radius 3 is 2.50 bits per heavy atom. The molecule has 1 aromatic carbocycles. The van der Waals surface area contributed by atoms with E-state index in [9.17, 15) is 37.6 Å². The van der Waals surface area contributed by atoms with E-state index in [1.54, 1.807) is 0 Å². The van der Waals surface area contributed by atoms with Gasteiger partial charge in [0, 0.05) is 49.2 Å². The van der Waals surface area contributed by atoms with Crippen LogP contribution in [0.25, 0.3) is 10.9 Å². The minimum absolute atomic E-state index is 0.0507. The van der Waals surface area contributed by atoms with E-state index in [0.29, 0.717) is 44.6 Å². The number of fused-ring (bicyclic) bond motifs is 3. The Bertz CT molecular complexity index is 1420. The Labute approximate surface area is 243 Å². The van der Waals surface area contributed by atoms with Gasteiger partial charge in [-0.15, -0.1) is 0 Å². The molecule has 2 aliphatic heterocycles. The third-order valence-corrected chi connectivity index (χ3v) is 8.56. The molecule has 2 aromatic rings. The number of nitrogens with zero attached hydrogens (tertiary/aromatic N) is 2. The number of Topliss-reactive ketones (excluding diaryl/α,β-unsaturated/α-hetero) is 2. The summed E-state index contributed by atoms with van der Waals surface area (Å²) in [5.41, 5.74) is -0.612. The average Bonchev–Trinajstić information content (AvgIpc) is 3.54. The van der Waals surface area contributed by atoms with Crippen molar-refractivity contribution in [2.75, 3.05) is 7.05 Å². The van der Waals surface area contributed by atoms with Gasteiger partial charge >= 0.3 is 0 Å². The molecule has 0 radical (unpaired) electrons. The first-order valence-corrected chi connectivity index (χ1v) is 14.6. The lowest BCUT2D eigenvalue weighted by molar-refractivity contribution is -0.142. The Hall–Kier alpha value is -3.68. The van der Waals surface area contributed by atoms with Gasteiger partial charge in [-0.25, -0.2) is 13.2 Å². The summed E-state index contributed by atoms with van der Waals surface area (Å²) in [5, 5.41) is 12.5. The molecule has 0 saturated carbocycles. The zero-order valence-electron chi connectivity index (χ0n) is 24.1. The second kappa shape index (κ2) is 13.1. The average molecular weight is 587 g/mol. The highest BCUT2D eigenvalue weighted by molar-refractivity contribution is 6.01. The van der Waals surface area contributed by atoms with E-state index < -0.39 is 52.5 Å². The number of amides is 2. The van der Waals surface area contributed by atoms with Crippen molar-refractivity contribution >= 4 is 34.3 Å². The number of rotatable bonds is 5. The number of carbonyl (C=O) groups excluding carboxylic acids is 4. The molecule has 2 amide bonds. The number of halogens is 3. The lowest BCUT2D eigenvalue weighted by atomic mass is 9.86. The topological polar surface area (TPSA) is 123 Å². The highest BCUT2D eigenvalue weighted by atomic mass is 19.2. The number of hydrogen-bond acceptors (Lipinski definition) is 5. The third-order valence-electron chi connectivity index (χ3n) is 8.56. The maximum Gasteiger partial charge on any atom is 0.226 e. The van der Waals surface area contributed by atoms with Crippen LogP contribution in [0, 0.1) is 52.5 Å². The van der Waals surface area contributed by atoms with Crippen molar-refractivity contribution in [3.8, 4) is 6.07 Å². The summed E-state index contributed by atoms with van der Waals surface area (Å²) in [5.74, 6) is -6.85. The van der Waals surface area contributed by atoms with Crippen LogP contribution >= 0.6 is 0 Å². The Morgan fingerprint density at radius 1 is 1.10 bits per heavy atom. The molecule has 0 spiro atoms. The van der Waals surface area contributed by atoms with Gasteiger partial charge in [-0.2, -0.15) is 5.26 Å². The molecule has 0 unspecified atom stereocenters. The predicted octanol–water partition coefficient (Wildman–Crippen LogP) is 5.22. The molecule has 1 aromatic heterocycles. The van der Waals surface area contributed by atoms with Crippen LogP contribution < -0.4 is 5.32 Å². The molecule has 0 aliphatic carbocycles. The molecule has 8 nitrogen and oxygen atoms in total. The number of nitriles is 1. The quantitative estimate of drug-likeness (QED) is 0.368. The third kappa shape index (κ3) is 6.85. The van der Waals surface area contributed by atoms with Crippen molar-refractivity contribution in [1.29, 1.82) is 5.26 Å². The number of aromatic amines is 1. The minimum Gasteiger partial charge on any atom is -0.353 e. The number of H-pyrrole nitrogens is 1. The molecule has 2 bridgehead atoms. The van der Waals surface area contributed by atoms with Gasteiger partial charge < -0.3 is 15.2 Å². The summed E-state index contributed by atoms with van der Waals surface area (Å²) in [4.78, 5) is 57.1. The van der Waals surface area contributed by atoms with Crippen LogP contribution in [-0.2, 0) is 14.4 Å². The smallest absolute Gasteiger partial charge is 0.226 e. The number of nitrogens with one attached hydrogen (secondary N) is 2. The fourth-order valence-corrected chi connectivity index (χ4v) is 6.29. The SMILES string of the molecule is CC(C)C[C@H]1C(=O)C[C@H](C#N)C[C@@H]2C[C@@H](CCCC[C@H](CC(=O)c3cc4c(F)cc(F)c(F)c4[nH]3)C(=O)N1C)NC2=O. The molecule has 2 saturated heterocycles. The molecule has 2 N–H and O–H groups in total. The van der Waals surface area contributed by atoms with E-state index in [2.05, 4.69) is 16.4 Å². The highest BCUT2D eigenvalue weighted by Crippen LogP contribution is 2.31. The molecule has 4 rings (SSSR count). The first kappa shape index (κ1) is 31.3. The Kier molecular flexibility index (Phi) is 9.74. The van der Waals surface area contributed by atoms with Crippen LogP contribution in [0.4, 0.5) is 13.2 Å². The molecule has 2 fully saturated rings. The maximum absolute atomic E-state index is 14.3. The second-order valence-corrected chi connectivity index (χ2v) is 12.2. The largest absolute Gasteiger partial charge is 0.353 e. The number of carbonyl (C=O) groups is 4. The monoisotopic (exact) mass is 586 g/mol. The van der Waals surface area contributed by atoms with Crippen molar-refractivity contribution in [2.45, 2.75) is 83.7 Å². The van der Waals surface area contributed by atoms with E-state index >= 15 is 0 Å². The van der Waals surface area contributed by atoms with E-state index in [1.807, 2.05) is 13.8 Å². The number of likely N-dealkylation sites (N-methyl/N-ethyl adjacent to an activating group) is 1. The number of aromatic nitrogens is 1. The van der Waals surface area contributed by atoms with Gasteiger partial charge in [0.2, 0.25) is 11.8 Å². The highest BCUT2D eigenvalue weighted by Gasteiger charge is 2.37. The number of hydrogen-bond donors (Lipinski definition) is 2. The van der Waals surface area contributed by atoms with Crippen molar-refractivity contribution in [1.82, 2.24) is 15.2 Å². The Morgan fingerprint density at radius 2 is 1.81 bits per heavy atom. The van der Waals surface area contributed by atoms with Crippen molar-refractivity contribution in [3.05, 3.63) is 35.3 Å². The van der Waals surface area contributed by atoms with Crippen LogP contribution in [0.15, 0.2) is 12.1 Å². The maximum atomic E-state index is 14.3. The molecular weight excluding hydrogens is 549 g/mol. The molecule has 42 heavy (non-hydrogen) atoms. The van der Waals surface area contributed by atoms with Gasteiger partial charge in [-0.1, -0.05) is 26.7 Å². The van der Waals surface area contributed by atoms with Gasteiger partial charge in [0.1, 0.15) is 5.82 Å². The lowest BCUT2D eigenvalue weighted by Gasteiger charge is -2.32. The summed E-state index contributed by atoms with van der Waals surface area (Å²) in [6.07, 6.45) is 3.08. The molecule has 11 heteroatoms. The van der Waals surface area contributed by atoms with Gasteiger partial charge in [0.15, 0.2) is 23.2 Å². The minimum atomic E-state index is -1.39. The molecule has 5 atom stereocenters. The van der Waals surface area contributed by atoms with Gasteiger partial charge in [-0.05, 0) is 44.1 Å². The van der Waals surface area contributed by atoms with Crippen molar-refractivity contribution < 1.29 is 32.3 Å². The number of benzene rings is 1. The predicted molar refractivity (Wildman–Crippen MR) is 148 cm³/mol. The van der Waals surface area contributed by atoms with Crippen LogP contribution in [0.2, 0.25) is 0 Å². The van der Waals surface area contributed by atoms with E-state index in [0.717, 1.165) is 6.07 Å². The summed E-state index contributed by atoms with van der Waals surface area (Å²) < 4.78 is 42.3. The van der Waals surface area contributed by atoms with Gasteiger partial charge in [-0.3, -0.25) is 19.2 Å². The summed E-state index contributed by atoms with van der Waals surface area (Å²) in [7, 11) is 1.52. The summed E-state index contributed by atoms with van der Waals surface area (Å²) in [6.45, 7) is 3.84. The Balaban J connectivity index is 1.62. The van der Waals surface area contributed by atoms with Crippen LogP contribution in [0.3, 0.4) is 0 Å². The standard InChI is InChI=1S/C31H37F3N4O4/c1-16(2)8-25-27(40)10-17(15-35)9-19-11-20(36-30(19)41)7-5-4-6-18(31(42)38(25)3)12-26(39)24-13-21-22(32)14-23(33)28(34)29(21)37-24/h13-14,16-20,25,37H,4-12H2,1-3H3,(H,36,41)/t17-,18-,19-,20-,25+/m1/s1. The van der Waals surface area contributed by atoms with Crippen molar-refractivity contribution in [2.24, 2.45) is 23.7 Å². The van der Waals surface area contributed by atoms with Crippen molar-refractivity contribution in [3.63, 3.8) is 0 Å². The molecule has 3 heterocycles. The van der Waals surface area contributed by atoms with Crippen LogP contribution in [-0.4, -0.2) is 52.4 Å². The van der Waals surface area contributed by atoms with E-state index in [-0.39, 0.29) is 59.9 Å². The summed E-state index contributed by atoms with van der Waals surface area (Å²) >= 11 is 0. The molecule has 2 aliphatic rings. The van der Waals surface area contributed by atoms with E-state index in [4.69, 9.17) is 0 Å². The second-order valence-electron chi connectivity index (χ2n) is 12.2.